The Morgan fingerprint density at radius 1 is 0.974 bits per heavy atom. The van der Waals surface area contributed by atoms with Gasteiger partial charge in [0.05, 0.1) is 18.3 Å². The van der Waals surface area contributed by atoms with Crippen LogP contribution in [0, 0.1) is 23.7 Å². The molecule has 0 radical (unpaired) electrons. The summed E-state index contributed by atoms with van der Waals surface area (Å²) in [4.78, 5) is 10.8. The van der Waals surface area contributed by atoms with Crippen molar-refractivity contribution in [1.29, 1.82) is 0 Å². The summed E-state index contributed by atoms with van der Waals surface area (Å²) >= 11 is 0. The number of carbonyl (C=O) groups is 1. The Balaban J connectivity index is 1.46. The lowest BCUT2D eigenvalue weighted by molar-refractivity contribution is -0.193. The van der Waals surface area contributed by atoms with Crippen LogP contribution in [0.2, 0.25) is 0 Å². The number of aliphatic hydroxyl groups is 1. The van der Waals surface area contributed by atoms with E-state index in [0.717, 1.165) is 64.6 Å². The van der Waals surface area contributed by atoms with Crippen LogP contribution in [0.3, 0.4) is 0 Å². The molecule has 0 aromatic carbocycles. The second-order valence-electron chi connectivity index (χ2n) is 12.2. The van der Waals surface area contributed by atoms with Crippen LogP contribution in [0.25, 0.3) is 0 Å². The first-order valence-corrected chi connectivity index (χ1v) is 15.8. The molecule has 0 bridgehead atoms. The zero-order valence-corrected chi connectivity index (χ0v) is 24.0. The van der Waals surface area contributed by atoms with Crippen LogP contribution >= 0.6 is 0 Å². The predicted octanol–water partition coefficient (Wildman–Crippen LogP) is 6.39. The van der Waals surface area contributed by atoms with Gasteiger partial charge in [-0.2, -0.15) is 0 Å². The van der Waals surface area contributed by atoms with Gasteiger partial charge in [-0.3, -0.25) is 4.79 Å². The normalized spacial score (nSPS) is 34.2. The summed E-state index contributed by atoms with van der Waals surface area (Å²) in [5, 5.41) is 20.0. The molecule has 0 aromatic rings. The SMILES string of the molecule is CC(C1CCCC1)C(/C=C/[C@@H]1[C@@H](C/C=C\CCCC(=O)O)[C@@H](O)C[C@H]1OC1CCCCO1)OC1CCCCO1. The van der Waals surface area contributed by atoms with Crippen LogP contribution in [0.4, 0.5) is 0 Å². The summed E-state index contributed by atoms with van der Waals surface area (Å²) in [5.74, 6) is 0.424. The van der Waals surface area contributed by atoms with E-state index >= 15 is 0 Å². The average molecular weight is 549 g/mol. The van der Waals surface area contributed by atoms with Gasteiger partial charge in [-0.05, 0) is 75.5 Å². The standard InChI is InChI=1S/C32H52O7/c1-23(24-12-6-7-13-24)28(38-31-16-8-10-20-36-31)19-18-26-25(14-4-2-3-5-15-30(34)35)27(33)22-29(26)39-32-17-9-11-21-37-32/h2,4,18-19,23-29,31-33H,3,5-17,20-22H2,1H3,(H,34,35)/b4-2-,19-18+/t23?,25-,26-,27+,28?,29-,31?,32?/m1/s1. The topological polar surface area (TPSA) is 94.5 Å². The molecule has 2 aliphatic carbocycles. The van der Waals surface area contributed by atoms with E-state index in [9.17, 15) is 9.90 Å². The van der Waals surface area contributed by atoms with Gasteiger partial charge in [-0.15, -0.1) is 0 Å². The monoisotopic (exact) mass is 548 g/mol. The quantitative estimate of drug-likeness (QED) is 0.192. The first kappa shape index (κ1) is 30.7. The number of ether oxygens (including phenoxy) is 4. The van der Waals surface area contributed by atoms with Gasteiger partial charge in [-0.1, -0.05) is 56.9 Å². The van der Waals surface area contributed by atoms with E-state index in [2.05, 4.69) is 31.2 Å². The van der Waals surface area contributed by atoms with Crippen molar-refractivity contribution in [2.24, 2.45) is 23.7 Å². The summed E-state index contributed by atoms with van der Waals surface area (Å²) in [6, 6.07) is 0. The largest absolute Gasteiger partial charge is 0.481 e. The lowest BCUT2D eigenvalue weighted by atomic mass is 9.85. The number of carboxylic acids is 1. The third-order valence-electron chi connectivity index (χ3n) is 9.32. The summed E-state index contributed by atoms with van der Waals surface area (Å²) < 4.78 is 25.0. The van der Waals surface area contributed by atoms with Gasteiger partial charge in [-0.25, -0.2) is 0 Å². The summed E-state index contributed by atoms with van der Waals surface area (Å²) in [6.07, 6.45) is 22.1. The van der Waals surface area contributed by atoms with E-state index in [1.807, 2.05) is 0 Å². The molecule has 4 unspecified atom stereocenters. The summed E-state index contributed by atoms with van der Waals surface area (Å²) in [6.45, 7) is 3.84. The number of rotatable bonds is 14. The molecule has 2 N–H and O–H groups in total. The molecule has 0 spiro atoms. The molecule has 0 amide bonds. The maximum absolute atomic E-state index is 11.1. The number of unbranched alkanes of at least 4 members (excludes halogenated alkanes) is 1. The van der Waals surface area contributed by atoms with Crippen molar-refractivity contribution in [3.8, 4) is 0 Å². The molecule has 4 rings (SSSR count). The maximum Gasteiger partial charge on any atom is 0.303 e. The zero-order valence-electron chi connectivity index (χ0n) is 24.0. The van der Waals surface area contributed by atoms with E-state index in [-0.39, 0.29) is 43.0 Å². The van der Waals surface area contributed by atoms with E-state index < -0.39 is 12.1 Å². The van der Waals surface area contributed by atoms with Crippen LogP contribution in [0.1, 0.15) is 103 Å². The number of carboxylic acid groups (broad SMARTS) is 1. The first-order valence-electron chi connectivity index (χ1n) is 15.8. The fourth-order valence-electron chi connectivity index (χ4n) is 6.91. The molecule has 7 nitrogen and oxygen atoms in total. The molecule has 0 aromatic heterocycles. The van der Waals surface area contributed by atoms with Gasteiger partial charge in [0.25, 0.3) is 0 Å². The lowest BCUT2D eigenvalue weighted by Gasteiger charge is -2.33. The van der Waals surface area contributed by atoms with Crippen molar-refractivity contribution in [2.45, 2.75) is 134 Å². The second kappa shape index (κ2) is 16.3. The van der Waals surface area contributed by atoms with E-state index in [1.54, 1.807) is 0 Å². The van der Waals surface area contributed by atoms with Crippen LogP contribution in [-0.4, -0.2) is 60.3 Å². The molecule has 8 atom stereocenters. The van der Waals surface area contributed by atoms with Gasteiger partial charge in [0.15, 0.2) is 12.6 Å². The predicted molar refractivity (Wildman–Crippen MR) is 150 cm³/mol. The van der Waals surface area contributed by atoms with Gasteiger partial charge in [0.1, 0.15) is 0 Å². The van der Waals surface area contributed by atoms with Crippen molar-refractivity contribution in [2.75, 3.05) is 13.2 Å². The van der Waals surface area contributed by atoms with Crippen molar-refractivity contribution in [3.05, 3.63) is 24.3 Å². The van der Waals surface area contributed by atoms with E-state index in [0.29, 0.717) is 24.7 Å². The Labute approximate surface area is 235 Å². The number of aliphatic hydroxyl groups excluding tert-OH is 1. The van der Waals surface area contributed by atoms with Gasteiger partial charge < -0.3 is 29.2 Å². The fraction of sp³-hybridized carbons (Fsp3) is 0.844. The van der Waals surface area contributed by atoms with Crippen molar-refractivity contribution >= 4 is 5.97 Å². The Morgan fingerprint density at radius 3 is 2.33 bits per heavy atom. The molecule has 2 aliphatic heterocycles. The molecule has 4 aliphatic rings. The molecule has 2 saturated carbocycles. The molecule has 2 saturated heterocycles. The Bertz CT molecular complexity index is 764. The molecule has 2 heterocycles. The van der Waals surface area contributed by atoms with Crippen LogP contribution in [0.5, 0.6) is 0 Å². The van der Waals surface area contributed by atoms with E-state index in [4.69, 9.17) is 24.1 Å². The number of aliphatic carboxylic acids is 1. The minimum atomic E-state index is -0.757. The maximum atomic E-state index is 11.1. The second-order valence-corrected chi connectivity index (χ2v) is 12.2. The summed E-state index contributed by atoms with van der Waals surface area (Å²) in [7, 11) is 0. The molecule has 222 valence electrons. The highest BCUT2D eigenvalue weighted by Crippen LogP contribution is 2.41. The molecule has 39 heavy (non-hydrogen) atoms. The van der Waals surface area contributed by atoms with Crippen LogP contribution in [0.15, 0.2) is 24.3 Å². The zero-order chi connectivity index (χ0) is 27.5. The van der Waals surface area contributed by atoms with Crippen molar-refractivity contribution in [3.63, 3.8) is 0 Å². The minimum Gasteiger partial charge on any atom is -0.481 e. The first-order chi connectivity index (χ1) is 19.0. The van der Waals surface area contributed by atoms with Crippen molar-refractivity contribution < 1.29 is 34.0 Å². The molecular weight excluding hydrogens is 496 g/mol. The molecular formula is C32H52O7. The third kappa shape index (κ3) is 9.67. The highest BCUT2D eigenvalue weighted by molar-refractivity contribution is 5.66. The number of hydrogen-bond donors (Lipinski definition) is 2. The van der Waals surface area contributed by atoms with Crippen molar-refractivity contribution in [1.82, 2.24) is 0 Å². The van der Waals surface area contributed by atoms with Crippen LogP contribution in [-0.2, 0) is 23.7 Å². The summed E-state index contributed by atoms with van der Waals surface area (Å²) in [5.41, 5.74) is 0. The van der Waals surface area contributed by atoms with E-state index in [1.165, 1.54) is 25.7 Å². The van der Waals surface area contributed by atoms with Crippen LogP contribution < -0.4 is 0 Å². The van der Waals surface area contributed by atoms with Gasteiger partial charge in [0.2, 0.25) is 0 Å². The third-order valence-corrected chi connectivity index (χ3v) is 9.32. The smallest absolute Gasteiger partial charge is 0.303 e. The van der Waals surface area contributed by atoms with Gasteiger partial charge in [0, 0.05) is 32.0 Å². The Kier molecular flexibility index (Phi) is 12.8. The molecule has 4 fully saturated rings. The Morgan fingerprint density at radius 2 is 1.67 bits per heavy atom. The Hall–Kier alpha value is -1.25. The van der Waals surface area contributed by atoms with Gasteiger partial charge >= 0.3 is 5.97 Å². The number of allylic oxidation sites excluding steroid dienone is 2. The highest BCUT2D eigenvalue weighted by atomic mass is 16.7. The number of hydrogen-bond acceptors (Lipinski definition) is 6. The minimum absolute atomic E-state index is 0.0206. The molecule has 7 heteroatoms. The lowest BCUT2D eigenvalue weighted by Crippen LogP contribution is -2.34. The average Bonchev–Trinajstić information content (AvgIpc) is 3.58. The fourth-order valence-corrected chi connectivity index (χ4v) is 6.91. The highest BCUT2D eigenvalue weighted by Gasteiger charge is 2.43.